The lowest BCUT2D eigenvalue weighted by Gasteiger charge is -2.07. The molecular formula is C22H18ClF2N3O4. The molecule has 0 fully saturated rings. The minimum absolute atomic E-state index is 0.0586. The van der Waals surface area contributed by atoms with Crippen LogP contribution < -0.4 is 11.1 Å². The molecule has 0 aliphatic heterocycles. The lowest BCUT2D eigenvalue weighted by atomic mass is 10.1. The zero-order valence-corrected chi connectivity index (χ0v) is 17.2. The summed E-state index contributed by atoms with van der Waals surface area (Å²) < 4.78 is 25.8. The van der Waals surface area contributed by atoms with E-state index < -0.39 is 23.4 Å². The van der Waals surface area contributed by atoms with Crippen LogP contribution in [0.1, 0.15) is 21.5 Å². The number of anilines is 1. The number of nitrogens with one attached hydrogen (secondary N) is 2. The van der Waals surface area contributed by atoms with E-state index in [4.69, 9.17) is 27.9 Å². The number of carbonyl (C=O) groups is 2. The molecule has 0 aliphatic carbocycles. The molecule has 166 valence electrons. The number of nitrogens with two attached hydrogens (primary N) is 1. The Morgan fingerprint density at radius 2 is 1.72 bits per heavy atom. The Hall–Kier alpha value is -3.98. The smallest absolute Gasteiger partial charge is 0.248 e. The third-order valence-corrected chi connectivity index (χ3v) is 4.35. The topological polar surface area (TPSA) is 136 Å². The van der Waals surface area contributed by atoms with Crippen molar-refractivity contribution in [3.8, 4) is 11.5 Å². The third-order valence-electron chi connectivity index (χ3n) is 4.05. The van der Waals surface area contributed by atoms with Crippen LogP contribution in [-0.4, -0.2) is 28.2 Å². The van der Waals surface area contributed by atoms with Gasteiger partial charge in [0.1, 0.15) is 11.5 Å². The molecule has 0 saturated carbocycles. The van der Waals surface area contributed by atoms with Crippen molar-refractivity contribution < 1.29 is 28.6 Å². The first-order chi connectivity index (χ1) is 15.1. The van der Waals surface area contributed by atoms with Gasteiger partial charge in [0.05, 0.1) is 11.4 Å². The number of phenols is 2. The van der Waals surface area contributed by atoms with Crippen LogP contribution in [0.5, 0.6) is 11.5 Å². The summed E-state index contributed by atoms with van der Waals surface area (Å²) in [6.07, 6.45) is 0.868. The van der Waals surface area contributed by atoms with E-state index in [0.29, 0.717) is 16.8 Å². The van der Waals surface area contributed by atoms with Gasteiger partial charge in [-0.3, -0.25) is 9.59 Å². The predicted molar refractivity (Wildman–Crippen MR) is 116 cm³/mol. The molecule has 6 N–H and O–H groups in total. The Morgan fingerprint density at radius 1 is 1.00 bits per heavy atom. The number of primary amides is 1. The number of aromatic hydroxyl groups is 2. The van der Waals surface area contributed by atoms with Gasteiger partial charge in [0.15, 0.2) is 11.6 Å². The van der Waals surface area contributed by atoms with E-state index in [-0.39, 0.29) is 28.5 Å². The maximum Gasteiger partial charge on any atom is 0.248 e. The van der Waals surface area contributed by atoms with Gasteiger partial charge in [0.25, 0.3) is 0 Å². The van der Waals surface area contributed by atoms with Gasteiger partial charge in [-0.15, -0.1) is 0 Å². The fourth-order valence-corrected chi connectivity index (χ4v) is 2.62. The molecule has 3 aromatic rings. The monoisotopic (exact) mass is 461 g/mol. The predicted octanol–water partition coefficient (Wildman–Crippen LogP) is 3.99. The Balaban J connectivity index is 0.000000278. The highest BCUT2D eigenvalue weighted by molar-refractivity contribution is 6.32. The highest BCUT2D eigenvalue weighted by Gasteiger charge is 2.09. The van der Waals surface area contributed by atoms with Gasteiger partial charge in [-0.2, -0.15) is 0 Å². The quantitative estimate of drug-likeness (QED) is 0.367. The Morgan fingerprint density at radius 3 is 2.28 bits per heavy atom. The second-order valence-corrected chi connectivity index (χ2v) is 6.83. The summed E-state index contributed by atoms with van der Waals surface area (Å²) in [6.45, 7) is 0. The van der Waals surface area contributed by atoms with Crippen molar-refractivity contribution in [2.45, 2.75) is 6.42 Å². The molecule has 0 aliphatic rings. The number of rotatable bonds is 5. The zero-order valence-electron chi connectivity index (χ0n) is 16.4. The Kier molecular flexibility index (Phi) is 8.25. The molecule has 2 amide bonds. The highest BCUT2D eigenvalue weighted by Crippen LogP contribution is 2.23. The maximum atomic E-state index is 13.0. The number of amides is 2. The first kappa shape index (κ1) is 24.3. The molecule has 0 atom stereocenters. The summed E-state index contributed by atoms with van der Waals surface area (Å²) in [5, 5.41) is 28.2. The van der Waals surface area contributed by atoms with Crippen molar-refractivity contribution in [1.29, 1.82) is 5.41 Å². The van der Waals surface area contributed by atoms with Gasteiger partial charge in [-0.1, -0.05) is 17.7 Å². The van der Waals surface area contributed by atoms with Crippen LogP contribution in [0, 0.1) is 17.0 Å². The summed E-state index contributed by atoms with van der Waals surface area (Å²) >= 11 is 5.50. The average molecular weight is 462 g/mol. The van der Waals surface area contributed by atoms with Gasteiger partial charge in [-0.25, -0.2) is 8.78 Å². The summed E-state index contributed by atoms with van der Waals surface area (Å²) in [4.78, 5) is 22.3. The van der Waals surface area contributed by atoms with Crippen LogP contribution >= 0.6 is 11.6 Å². The van der Waals surface area contributed by atoms with Crippen molar-refractivity contribution in [1.82, 2.24) is 0 Å². The maximum absolute atomic E-state index is 13.0. The van der Waals surface area contributed by atoms with Crippen molar-refractivity contribution >= 4 is 35.3 Å². The van der Waals surface area contributed by atoms with Gasteiger partial charge in [0, 0.05) is 29.1 Å². The molecule has 0 radical (unpaired) electrons. The van der Waals surface area contributed by atoms with Gasteiger partial charge >= 0.3 is 0 Å². The fraction of sp³-hybridized carbons (Fsp3) is 0.0455. The van der Waals surface area contributed by atoms with Crippen LogP contribution in [0.25, 0.3) is 0 Å². The van der Waals surface area contributed by atoms with Crippen LogP contribution in [0.2, 0.25) is 5.02 Å². The minimum atomic E-state index is -1.01. The molecule has 0 saturated heterocycles. The summed E-state index contributed by atoms with van der Waals surface area (Å²) in [6, 6.07) is 11.6. The molecule has 10 heteroatoms. The molecule has 3 rings (SSSR count). The van der Waals surface area contributed by atoms with Crippen molar-refractivity contribution in [2.24, 2.45) is 5.73 Å². The van der Waals surface area contributed by atoms with E-state index in [1.807, 2.05) is 0 Å². The molecule has 0 bridgehead atoms. The molecule has 7 nitrogen and oxygen atoms in total. The first-order valence-electron chi connectivity index (χ1n) is 8.96. The van der Waals surface area contributed by atoms with Gasteiger partial charge in [0.2, 0.25) is 11.8 Å². The van der Waals surface area contributed by atoms with Gasteiger partial charge < -0.3 is 26.7 Å². The average Bonchev–Trinajstić information content (AvgIpc) is 2.73. The summed E-state index contributed by atoms with van der Waals surface area (Å²) in [5.41, 5.74) is 6.26. The number of carbonyl (C=O) groups excluding carboxylic acids is 2. The van der Waals surface area contributed by atoms with Crippen LogP contribution in [0.15, 0.2) is 54.6 Å². The fourth-order valence-electron chi connectivity index (χ4n) is 2.44. The second-order valence-electron chi connectivity index (χ2n) is 6.42. The number of halogens is 3. The van der Waals surface area contributed by atoms with E-state index in [9.17, 15) is 23.5 Å². The van der Waals surface area contributed by atoms with E-state index >= 15 is 0 Å². The Labute approximate surface area is 186 Å². The lowest BCUT2D eigenvalue weighted by molar-refractivity contribution is -0.115. The third kappa shape index (κ3) is 6.78. The number of hydrogen-bond donors (Lipinski definition) is 5. The Bertz CT molecular complexity index is 1170. The zero-order chi connectivity index (χ0) is 23.8. The molecule has 32 heavy (non-hydrogen) atoms. The molecule has 0 unspecified atom stereocenters. The largest absolute Gasteiger partial charge is 0.507 e. The standard InChI is InChI=1S/C15H12F2N2O2.C7H6ClNO2/c16-12-4-1-9(5-13(12)17)6-15(21)19-11-3-2-10(8-18)14(20)7-11;8-5-3-4(7(9)11)1-2-6(5)10/h1-5,7-8,18,20H,6H2,(H,19,21);1-3,10H,(H2,9,11). The molecule has 0 aromatic heterocycles. The van der Waals surface area contributed by atoms with Crippen LogP contribution in [-0.2, 0) is 11.2 Å². The van der Waals surface area contributed by atoms with Crippen molar-refractivity contribution in [3.05, 3.63) is 87.9 Å². The van der Waals surface area contributed by atoms with Crippen LogP contribution in [0.4, 0.5) is 14.5 Å². The number of phenolic OH excluding ortho intramolecular Hbond substituents is 2. The molecular weight excluding hydrogens is 444 g/mol. The molecule has 3 aromatic carbocycles. The SMILES string of the molecule is N=Cc1ccc(NC(=O)Cc2ccc(F)c(F)c2)cc1O.NC(=O)c1ccc(O)c(Cl)c1. The number of benzene rings is 3. The highest BCUT2D eigenvalue weighted by atomic mass is 35.5. The first-order valence-corrected chi connectivity index (χ1v) is 9.34. The van der Waals surface area contributed by atoms with Gasteiger partial charge in [-0.05, 0) is 48.0 Å². The lowest BCUT2D eigenvalue weighted by Crippen LogP contribution is -2.14. The van der Waals surface area contributed by atoms with Crippen molar-refractivity contribution in [3.63, 3.8) is 0 Å². The van der Waals surface area contributed by atoms with E-state index in [0.717, 1.165) is 18.3 Å². The van der Waals surface area contributed by atoms with E-state index in [2.05, 4.69) is 5.32 Å². The van der Waals surface area contributed by atoms with E-state index in [1.54, 1.807) is 0 Å². The molecule has 0 spiro atoms. The summed E-state index contributed by atoms with van der Waals surface area (Å²) in [7, 11) is 0. The van der Waals surface area contributed by atoms with Crippen LogP contribution in [0.3, 0.4) is 0 Å². The van der Waals surface area contributed by atoms with E-state index in [1.165, 1.54) is 42.5 Å². The second kappa shape index (κ2) is 10.9. The number of hydrogen-bond acceptors (Lipinski definition) is 5. The molecule has 0 heterocycles. The summed E-state index contributed by atoms with van der Waals surface area (Å²) in [5.74, 6) is -3.15. The van der Waals surface area contributed by atoms with Crippen molar-refractivity contribution in [2.75, 3.05) is 5.32 Å². The normalized spacial score (nSPS) is 9.97. The minimum Gasteiger partial charge on any atom is -0.507 e.